The minimum Gasteiger partial charge on any atom is -0.342 e. The fourth-order valence-electron chi connectivity index (χ4n) is 1.50. The van der Waals surface area contributed by atoms with Gasteiger partial charge in [0.2, 0.25) is 5.96 Å². The van der Waals surface area contributed by atoms with E-state index in [4.69, 9.17) is 5.84 Å². The Morgan fingerprint density at radius 2 is 1.94 bits per heavy atom. The third-order valence-electron chi connectivity index (χ3n) is 2.45. The van der Waals surface area contributed by atoms with Crippen molar-refractivity contribution in [1.29, 1.82) is 0 Å². The summed E-state index contributed by atoms with van der Waals surface area (Å²) in [6.45, 7) is 10.2. The molecular formula is C12H29N5. The molecule has 0 rings (SSSR count). The van der Waals surface area contributed by atoms with Crippen LogP contribution in [0.4, 0.5) is 0 Å². The number of aliphatic imine (C=N–C) groups is 1. The molecule has 0 amide bonds. The SMILES string of the molecule is CCN(CCCN(C)C)C(=NCC(C)C)NN. The molecular weight excluding hydrogens is 214 g/mol. The third kappa shape index (κ3) is 7.99. The van der Waals surface area contributed by atoms with Gasteiger partial charge in [-0.05, 0) is 39.9 Å². The van der Waals surface area contributed by atoms with E-state index < -0.39 is 0 Å². The van der Waals surface area contributed by atoms with Crippen LogP contribution in [0.1, 0.15) is 27.2 Å². The lowest BCUT2D eigenvalue weighted by Gasteiger charge is -2.25. The van der Waals surface area contributed by atoms with Crippen LogP contribution in [0.2, 0.25) is 0 Å². The molecule has 0 fully saturated rings. The highest BCUT2D eigenvalue weighted by molar-refractivity contribution is 5.79. The van der Waals surface area contributed by atoms with Crippen molar-refractivity contribution in [3.63, 3.8) is 0 Å². The molecule has 0 spiro atoms. The number of nitrogens with one attached hydrogen (secondary N) is 1. The Morgan fingerprint density at radius 3 is 2.35 bits per heavy atom. The molecule has 0 radical (unpaired) electrons. The summed E-state index contributed by atoms with van der Waals surface area (Å²) >= 11 is 0. The summed E-state index contributed by atoms with van der Waals surface area (Å²) in [6.07, 6.45) is 1.11. The lowest BCUT2D eigenvalue weighted by Crippen LogP contribution is -2.45. The average molecular weight is 243 g/mol. The molecule has 0 aromatic carbocycles. The zero-order chi connectivity index (χ0) is 13.3. The van der Waals surface area contributed by atoms with Crippen LogP contribution in [0, 0.1) is 5.92 Å². The highest BCUT2D eigenvalue weighted by Crippen LogP contribution is 1.97. The number of guanidine groups is 1. The predicted molar refractivity (Wildman–Crippen MR) is 74.9 cm³/mol. The van der Waals surface area contributed by atoms with Crippen LogP contribution < -0.4 is 11.3 Å². The van der Waals surface area contributed by atoms with E-state index in [0.29, 0.717) is 5.92 Å². The maximum atomic E-state index is 5.53. The van der Waals surface area contributed by atoms with Crippen LogP contribution in [0.25, 0.3) is 0 Å². The Kier molecular flexibility index (Phi) is 8.80. The summed E-state index contributed by atoms with van der Waals surface area (Å²) in [4.78, 5) is 8.88. The summed E-state index contributed by atoms with van der Waals surface area (Å²) in [7, 11) is 4.18. The second kappa shape index (κ2) is 9.24. The van der Waals surface area contributed by atoms with Gasteiger partial charge >= 0.3 is 0 Å². The maximum absolute atomic E-state index is 5.53. The van der Waals surface area contributed by atoms with Gasteiger partial charge in [-0.3, -0.25) is 10.4 Å². The van der Waals surface area contributed by atoms with Gasteiger partial charge in [-0.2, -0.15) is 0 Å². The molecule has 0 aromatic heterocycles. The molecule has 5 nitrogen and oxygen atoms in total. The summed E-state index contributed by atoms with van der Waals surface area (Å²) in [6, 6.07) is 0. The highest BCUT2D eigenvalue weighted by atomic mass is 15.4. The second-order valence-corrected chi connectivity index (χ2v) is 4.94. The van der Waals surface area contributed by atoms with Gasteiger partial charge in [0.15, 0.2) is 0 Å². The molecule has 0 saturated heterocycles. The van der Waals surface area contributed by atoms with Crippen molar-refractivity contribution in [2.45, 2.75) is 27.2 Å². The van der Waals surface area contributed by atoms with Crippen LogP contribution in [0.3, 0.4) is 0 Å². The lowest BCUT2D eigenvalue weighted by molar-refractivity contribution is 0.348. The van der Waals surface area contributed by atoms with Gasteiger partial charge in [-0.1, -0.05) is 13.8 Å². The molecule has 5 heteroatoms. The van der Waals surface area contributed by atoms with Crippen LogP contribution in [-0.4, -0.2) is 56.0 Å². The van der Waals surface area contributed by atoms with Crippen molar-refractivity contribution in [3.05, 3.63) is 0 Å². The standard InChI is InChI=1S/C12H29N5/c1-6-17(9-7-8-16(4)5)12(15-13)14-10-11(2)3/h11H,6-10,13H2,1-5H3,(H,14,15). The van der Waals surface area contributed by atoms with E-state index in [2.05, 4.69) is 55.1 Å². The zero-order valence-corrected chi connectivity index (χ0v) is 12.0. The zero-order valence-electron chi connectivity index (χ0n) is 12.0. The van der Waals surface area contributed by atoms with E-state index in [1.807, 2.05) is 0 Å². The largest absolute Gasteiger partial charge is 0.342 e. The first-order valence-corrected chi connectivity index (χ1v) is 6.42. The Balaban J connectivity index is 4.23. The van der Waals surface area contributed by atoms with Crippen molar-refractivity contribution in [1.82, 2.24) is 15.2 Å². The van der Waals surface area contributed by atoms with Crippen molar-refractivity contribution in [3.8, 4) is 0 Å². The van der Waals surface area contributed by atoms with Gasteiger partial charge in [0.25, 0.3) is 0 Å². The average Bonchev–Trinajstić information content (AvgIpc) is 2.26. The fraction of sp³-hybridized carbons (Fsp3) is 0.917. The number of hydrogen-bond donors (Lipinski definition) is 2. The smallest absolute Gasteiger partial charge is 0.208 e. The molecule has 0 bridgehead atoms. The second-order valence-electron chi connectivity index (χ2n) is 4.94. The Bertz CT molecular complexity index is 213. The first-order valence-electron chi connectivity index (χ1n) is 6.42. The summed E-state index contributed by atoms with van der Waals surface area (Å²) in [5.41, 5.74) is 2.71. The molecule has 0 unspecified atom stereocenters. The van der Waals surface area contributed by atoms with Crippen LogP contribution >= 0.6 is 0 Å². The number of hydrogen-bond acceptors (Lipinski definition) is 3. The number of hydrazine groups is 1. The van der Waals surface area contributed by atoms with E-state index in [1.165, 1.54) is 0 Å². The van der Waals surface area contributed by atoms with E-state index in [-0.39, 0.29) is 0 Å². The molecule has 0 aliphatic rings. The first kappa shape index (κ1) is 16.2. The molecule has 0 aromatic rings. The highest BCUT2D eigenvalue weighted by Gasteiger charge is 2.08. The van der Waals surface area contributed by atoms with Crippen LogP contribution in [-0.2, 0) is 0 Å². The Hall–Kier alpha value is -0.810. The first-order chi connectivity index (χ1) is 8.01. The molecule has 0 aliphatic heterocycles. The Labute approximate surface area is 106 Å². The summed E-state index contributed by atoms with van der Waals surface area (Å²) in [5.74, 6) is 6.89. The van der Waals surface area contributed by atoms with Gasteiger partial charge in [0, 0.05) is 19.6 Å². The normalized spacial score (nSPS) is 12.4. The molecule has 17 heavy (non-hydrogen) atoms. The quantitative estimate of drug-likeness (QED) is 0.300. The van der Waals surface area contributed by atoms with E-state index in [0.717, 1.165) is 38.6 Å². The van der Waals surface area contributed by atoms with Gasteiger partial charge in [0.05, 0.1) is 0 Å². The van der Waals surface area contributed by atoms with E-state index >= 15 is 0 Å². The summed E-state index contributed by atoms with van der Waals surface area (Å²) in [5, 5.41) is 0. The Morgan fingerprint density at radius 1 is 1.29 bits per heavy atom. The molecule has 0 atom stereocenters. The van der Waals surface area contributed by atoms with Crippen LogP contribution in [0.5, 0.6) is 0 Å². The molecule has 0 heterocycles. The van der Waals surface area contributed by atoms with Crippen molar-refractivity contribution >= 4 is 5.96 Å². The van der Waals surface area contributed by atoms with Crippen molar-refractivity contribution < 1.29 is 0 Å². The minimum absolute atomic E-state index is 0.554. The number of rotatable bonds is 7. The van der Waals surface area contributed by atoms with Gasteiger partial charge in [-0.25, -0.2) is 5.84 Å². The number of nitrogens with zero attached hydrogens (tertiary/aromatic N) is 3. The molecule has 3 N–H and O–H groups in total. The molecule has 102 valence electrons. The number of nitrogens with two attached hydrogens (primary N) is 1. The monoisotopic (exact) mass is 243 g/mol. The predicted octanol–water partition coefficient (Wildman–Crippen LogP) is 0.735. The minimum atomic E-state index is 0.554. The topological polar surface area (TPSA) is 56.9 Å². The van der Waals surface area contributed by atoms with Crippen molar-refractivity contribution in [2.75, 3.05) is 40.3 Å². The summed E-state index contributed by atoms with van der Waals surface area (Å²) < 4.78 is 0. The third-order valence-corrected chi connectivity index (χ3v) is 2.45. The van der Waals surface area contributed by atoms with Gasteiger partial charge < -0.3 is 9.80 Å². The van der Waals surface area contributed by atoms with Gasteiger partial charge in [-0.15, -0.1) is 0 Å². The van der Waals surface area contributed by atoms with Gasteiger partial charge in [0.1, 0.15) is 0 Å². The molecule has 0 aliphatic carbocycles. The van der Waals surface area contributed by atoms with E-state index in [9.17, 15) is 0 Å². The maximum Gasteiger partial charge on any atom is 0.208 e. The van der Waals surface area contributed by atoms with Crippen molar-refractivity contribution in [2.24, 2.45) is 16.8 Å². The fourth-order valence-corrected chi connectivity index (χ4v) is 1.50. The van der Waals surface area contributed by atoms with E-state index in [1.54, 1.807) is 0 Å². The van der Waals surface area contributed by atoms with Crippen LogP contribution in [0.15, 0.2) is 4.99 Å². The molecule has 0 saturated carbocycles. The lowest BCUT2D eigenvalue weighted by atomic mass is 10.2.